The molecule has 0 amide bonds. The third-order valence-electron chi connectivity index (χ3n) is 1.43. The maximum absolute atomic E-state index is 13.2. The minimum absolute atomic E-state index is 0.246. The summed E-state index contributed by atoms with van der Waals surface area (Å²) >= 11 is 16.7. The van der Waals surface area contributed by atoms with Gasteiger partial charge in [0.15, 0.2) is 0 Å². The number of hydrogen-bond donors (Lipinski definition) is 2. The maximum atomic E-state index is 13.2. The van der Waals surface area contributed by atoms with Crippen LogP contribution in [-0.2, 0) is 10.2 Å². The number of halogens is 5. The van der Waals surface area contributed by atoms with E-state index in [1.807, 2.05) is 0 Å². The summed E-state index contributed by atoms with van der Waals surface area (Å²) in [5, 5.41) is -0.639. The van der Waals surface area contributed by atoms with Gasteiger partial charge in [0.2, 0.25) is 0 Å². The van der Waals surface area contributed by atoms with Crippen LogP contribution in [0.15, 0.2) is 0 Å². The van der Waals surface area contributed by atoms with Crippen molar-refractivity contribution in [3.8, 4) is 0 Å². The van der Waals surface area contributed by atoms with Crippen LogP contribution in [0.2, 0.25) is 13.7 Å². The van der Waals surface area contributed by atoms with E-state index < -0.39 is 28.2 Å². The Kier molecular flexibility index (Phi) is 3.74. The molecule has 0 fully saturated rings. The maximum Gasteiger partial charge on any atom is 0.399 e. The van der Waals surface area contributed by atoms with Crippen LogP contribution in [-0.4, -0.2) is 9.79 Å². The first-order chi connectivity index (χ1) is 6.59. The zero-order valence-corrected chi connectivity index (χ0v) is 10.5. The number of rotatable bonds is 2. The summed E-state index contributed by atoms with van der Waals surface area (Å²) in [4.78, 5) is 16.9. The zero-order chi connectivity index (χ0) is 12.0. The lowest BCUT2D eigenvalue weighted by atomic mass is 10.3. The second-order valence-corrected chi connectivity index (χ2v) is 6.68. The molecule has 10 heteroatoms. The van der Waals surface area contributed by atoms with E-state index in [0.29, 0.717) is 11.3 Å². The smallest absolute Gasteiger partial charge is 0.320 e. The Morgan fingerprint density at radius 3 is 1.93 bits per heavy atom. The van der Waals surface area contributed by atoms with E-state index in [2.05, 4.69) is 0 Å². The third kappa shape index (κ3) is 2.31. The minimum atomic E-state index is -5.69. The molecule has 0 spiro atoms. The Hall–Kier alpha value is 0.580. The fourth-order valence-corrected chi connectivity index (χ4v) is 3.48. The molecule has 1 rings (SSSR count). The second-order valence-electron chi connectivity index (χ2n) is 2.42. The molecule has 0 bridgehead atoms. The molecule has 0 atom stereocenters. The van der Waals surface area contributed by atoms with E-state index in [9.17, 15) is 13.3 Å². The first-order valence-corrected chi connectivity index (χ1v) is 6.72. The van der Waals surface area contributed by atoms with Crippen molar-refractivity contribution in [1.29, 1.82) is 0 Å². The van der Waals surface area contributed by atoms with Crippen molar-refractivity contribution in [3.63, 3.8) is 0 Å². The highest BCUT2D eigenvalue weighted by molar-refractivity contribution is 7.52. The molecule has 0 aliphatic rings. The molecule has 3 nitrogen and oxygen atoms in total. The number of alkyl halides is 2. The molecule has 1 heterocycles. The first kappa shape index (κ1) is 13.6. The lowest BCUT2D eigenvalue weighted by Crippen LogP contribution is -2.13. The molecule has 0 unspecified atom stereocenters. The molecule has 0 radical (unpaired) electrons. The van der Waals surface area contributed by atoms with Crippen molar-refractivity contribution in [2.75, 3.05) is 0 Å². The Labute approximate surface area is 102 Å². The van der Waals surface area contributed by atoms with Gasteiger partial charge < -0.3 is 9.79 Å². The molecule has 15 heavy (non-hydrogen) atoms. The van der Waals surface area contributed by atoms with Crippen LogP contribution in [0.4, 0.5) is 8.78 Å². The van der Waals surface area contributed by atoms with Crippen LogP contribution in [0.5, 0.6) is 0 Å². The van der Waals surface area contributed by atoms with Crippen LogP contribution in [0.3, 0.4) is 0 Å². The lowest BCUT2D eigenvalue weighted by Gasteiger charge is -2.17. The topological polar surface area (TPSA) is 57.5 Å². The average Bonchev–Trinajstić information content (AvgIpc) is 2.24. The van der Waals surface area contributed by atoms with E-state index in [-0.39, 0.29) is 4.34 Å². The monoisotopic (exact) mass is 316 g/mol. The van der Waals surface area contributed by atoms with Crippen molar-refractivity contribution in [2.45, 2.75) is 5.66 Å². The highest BCUT2D eigenvalue weighted by atomic mass is 35.5. The molecule has 86 valence electrons. The molecule has 0 aromatic carbocycles. The van der Waals surface area contributed by atoms with Crippen LogP contribution in [0.1, 0.15) is 5.56 Å². The molecular weight excluding hydrogens is 315 g/mol. The number of hydrogen-bond acceptors (Lipinski definition) is 2. The highest BCUT2D eigenvalue weighted by Gasteiger charge is 2.54. The van der Waals surface area contributed by atoms with Crippen molar-refractivity contribution >= 4 is 53.7 Å². The second kappa shape index (κ2) is 4.11. The van der Waals surface area contributed by atoms with Gasteiger partial charge in [-0.15, -0.1) is 11.3 Å². The van der Waals surface area contributed by atoms with E-state index >= 15 is 0 Å². The van der Waals surface area contributed by atoms with Crippen LogP contribution < -0.4 is 0 Å². The van der Waals surface area contributed by atoms with Gasteiger partial charge in [-0.1, -0.05) is 34.8 Å². The summed E-state index contributed by atoms with van der Waals surface area (Å²) in [6.07, 6.45) is 0. The van der Waals surface area contributed by atoms with Gasteiger partial charge in [-0.3, -0.25) is 4.57 Å². The summed E-state index contributed by atoms with van der Waals surface area (Å²) in [6.45, 7) is 0. The zero-order valence-electron chi connectivity index (χ0n) is 6.55. The summed E-state index contributed by atoms with van der Waals surface area (Å²) in [6, 6.07) is 0. The highest BCUT2D eigenvalue weighted by Crippen LogP contribution is 2.63. The molecule has 0 saturated carbocycles. The van der Waals surface area contributed by atoms with Gasteiger partial charge in [-0.2, -0.15) is 8.78 Å². The molecule has 1 aromatic heterocycles. The van der Waals surface area contributed by atoms with Crippen LogP contribution >= 0.6 is 53.7 Å². The summed E-state index contributed by atoms with van der Waals surface area (Å²) < 4.78 is 36.2. The molecule has 0 saturated heterocycles. The third-order valence-corrected chi connectivity index (χ3v) is 4.58. The van der Waals surface area contributed by atoms with Crippen molar-refractivity contribution in [1.82, 2.24) is 0 Å². The van der Waals surface area contributed by atoms with E-state index in [1.165, 1.54) is 0 Å². The molecule has 0 aliphatic carbocycles. The molecule has 1 aromatic rings. The fourth-order valence-electron chi connectivity index (χ4n) is 0.755. The summed E-state index contributed by atoms with van der Waals surface area (Å²) in [7, 11) is -5.69. The van der Waals surface area contributed by atoms with Crippen LogP contribution in [0.25, 0.3) is 0 Å². The summed E-state index contributed by atoms with van der Waals surface area (Å²) in [5.41, 5.74) is -5.57. The largest absolute Gasteiger partial charge is 0.399 e. The Morgan fingerprint density at radius 2 is 1.67 bits per heavy atom. The standard InChI is InChI=1S/C5H2Cl3F2O3PS/c6-2-1(3(7)15-4(2)8)5(9,10)14(11,12)13/h(H2,11,12,13). The predicted octanol–water partition coefficient (Wildman–Crippen LogP) is 3.94. The van der Waals surface area contributed by atoms with Gasteiger partial charge in [-0.25, -0.2) is 0 Å². The first-order valence-electron chi connectivity index (χ1n) is 3.16. The van der Waals surface area contributed by atoms with Crippen molar-refractivity contribution in [2.24, 2.45) is 0 Å². The van der Waals surface area contributed by atoms with Gasteiger partial charge in [0.05, 0.1) is 10.6 Å². The van der Waals surface area contributed by atoms with E-state index in [0.717, 1.165) is 0 Å². The number of thiophene rings is 1. The van der Waals surface area contributed by atoms with Crippen molar-refractivity contribution in [3.05, 3.63) is 19.3 Å². The Bertz CT molecular complexity index is 443. The Balaban J connectivity index is 3.46. The van der Waals surface area contributed by atoms with E-state index in [4.69, 9.17) is 44.6 Å². The predicted molar refractivity (Wildman–Crippen MR) is 55.3 cm³/mol. The molecular formula is C5H2Cl3F2O3PS. The van der Waals surface area contributed by atoms with Gasteiger partial charge in [-0.05, 0) is 0 Å². The lowest BCUT2D eigenvalue weighted by molar-refractivity contribution is 0.0570. The minimum Gasteiger partial charge on any atom is -0.320 e. The SMILES string of the molecule is O=P(O)(O)C(F)(F)c1c(Cl)sc(Cl)c1Cl. The van der Waals surface area contributed by atoms with Gasteiger partial charge >= 0.3 is 13.3 Å². The van der Waals surface area contributed by atoms with Crippen LogP contribution in [0, 0.1) is 0 Å². The van der Waals surface area contributed by atoms with Gasteiger partial charge in [0, 0.05) is 0 Å². The average molecular weight is 317 g/mol. The quantitative estimate of drug-likeness (QED) is 0.812. The van der Waals surface area contributed by atoms with Gasteiger partial charge in [0.25, 0.3) is 0 Å². The molecule has 2 N–H and O–H groups in total. The summed E-state index contributed by atoms with van der Waals surface area (Å²) in [5.74, 6) is 0. The van der Waals surface area contributed by atoms with Gasteiger partial charge in [0.1, 0.15) is 8.67 Å². The fraction of sp³-hybridized carbons (Fsp3) is 0.200. The Morgan fingerprint density at radius 1 is 1.20 bits per heavy atom. The molecule has 0 aliphatic heterocycles. The normalized spacial score (nSPS) is 13.3. The van der Waals surface area contributed by atoms with E-state index in [1.54, 1.807) is 0 Å². The van der Waals surface area contributed by atoms with Crippen molar-refractivity contribution < 1.29 is 23.1 Å².